The summed E-state index contributed by atoms with van der Waals surface area (Å²) in [4.78, 5) is 29.6. The Hall–Kier alpha value is -1.80. The van der Waals surface area contributed by atoms with Gasteiger partial charge in [0.05, 0.1) is 33.3 Å². The van der Waals surface area contributed by atoms with Crippen LogP contribution >= 0.6 is 11.8 Å². The number of hydrogen-bond donors (Lipinski definition) is 1. The Balaban J connectivity index is 1.47. The molecule has 8 heteroatoms. The Morgan fingerprint density at radius 2 is 1.92 bits per heavy atom. The summed E-state index contributed by atoms with van der Waals surface area (Å²) < 4.78 is 17.8. The van der Waals surface area contributed by atoms with Crippen molar-refractivity contribution in [1.82, 2.24) is 4.90 Å². The molecule has 142 valence electrons. The van der Waals surface area contributed by atoms with Gasteiger partial charge in [-0.25, -0.2) is 4.39 Å². The maximum atomic E-state index is 13.0. The van der Waals surface area contributed by atoms with E-state index in [0.29, 0.717) is 19.6 Å². The van der Waals surface area contributed by atoms with Gasteiger partial charge in [-0.2, -0.15) is 0 Å². The van der Waals surface area contributed by atoms with Crippen LogP contribution in [0.2, 0.25) is 0 Å². The van der Waals surface area contributed by atoms with Gasteiger partial charge in [-0.05, 0) is 24.3 Å². The third-order valence-corrected chi connectivity index (χ3v) is 6.11. The van der Waals surface area contributed by atoms with Crippen LogP contribution in [0.3, 0.4) is 0 Å². The van der Waals surface area contributed by atoms with Crippen LogP contribution in [-0.4, -0.2) is 80.7 Å². The average molecular weight is 382 g/mol. The van der Waals surface area contributed by atoms with Gasteiger partial charge in [0.15, 0.2) is 6.54 Å². The Bertz CT molecular complexity index is 635. The maximum absolute atomic E-state index is 13.0. The highest BCUT2D eigenvalue weighted by Crippen LogP contribution is 2.19. The largest absolute Gasteiger partial charge is 0.468 e. The van der Waals surface area contributed by atoms with Crippen molar-refractivity contribution >= 4 is 29.3 Å². The van der Waals surface area contributed by atoms with Gasteiger partial charge in [-0.1, -0.05) is 0 Å². The van der Waals surface area contributed by atoms with Gasteiger partial charge < -0.3 is 19.4 Å². The molecule has 1 N–H and O–H groups in total. The Labute approximate surface area is 157 Å². The van der Waals surface area contributed by atoms with Crippen LogP contribution in [0.25, 0.3) is 0 Å². The molecule has 1 amide bonds. The van der Waals surface area contributed by atoms with Gasteiger partial charge >= 0.3 is 5.97 Å². The number of benzene rings is 1. The van der Waals surface area contributed by atoms with Crippen LogP contribution in [0.1, 0.15) is 0 Å². The summed E-state index contributed by atoms with van der Waals surface area (Å²) in [5.41, 5.74) is 1.02. The zero-order valence-electron chi connectivity index (χ0n) is 14.9. The minimum atomic E-state index is -0.275. The van der Waals surface area contributed by atoms with Crippen molar-refractivity contribution in [2.24, 2.45) is 0 Å². The highest BCUT2D eigenvalue weighted by molar-refractivity contribution is 8.00. The van der Waals surface area contributed by atoms with Gasteiger partial charge in [0.2, 0.25) is 0 Å². The van der Waals surface area contributed by atoms with E-state index in [1.165, 1.54) is 24.1 Å². The number of methoxy groups -OCH3 is 1. The normalized spacial score (nSPS) is 21.5. The molecule has 1 aromatic carbocycles. The summed E-state index contributed by atoms with van der Waals surface area (Å²) in [5, 5.41) is -0.275. The van der Waals surface area contributed by atoms with E-state index in [-0.39, 0.29) is 22.9 Å². The van der Waals surface area contributed by atoms with Crippen molar-refractivity contribution in [2.75, 3.05) is 63.6 Å². The summed E-state index contributed by atoms with van der Waals surface area (Å²) in [5.74, 6) is 0.380. The molecule has 0 aliphatic carbocycles. The van der Waals surface area contributed by atoms with E-state index in [9.17, 15) is 14.0 Å². The predicted octanol–water partition coefficient (Wildman–Crippen LogP) is -0.352. The lowest BCUT2D eigenvalue weighted by atomic mass is 10.2. The van der Waals surface area contributed by atoms with Gasteiger partial charge in [-0.15, -0.1) is 11.8 Å². The summed E-state index contributed by atoms with van der Waals surface area (Å²) in [6, 6.07) is 6.54. The number of quaternary nitrogens is 1. The summed E-state index contributed by atoms with van der Waals surface area (Å²) in [6.45, 7) is 5.00. The van der Waals surface area contributed by atoms with Gasteiger partial charge in [0.25, 0.3) is 5.91 Å². The van der Waals surface area contributed by atoms with Crippen molar-refractivity contribution in [3.63, 3.8) is 0 Å². The Morgan fingerprint density at radius 1 is 1.23 bits per heavy atom. The second kappa shape index (κ2) is 8.73. The van der Waals surface area contributed by atoms with E-state index in [2.05, 4.69) is 4.90 Å². The smallest absolute Gasteiger partial charge is 0.320 e. The van der Waals surface area contributed by atoms with Crippen LogP contribution in [0, 0.1) is 5.82 Å². The highest BCUT2D eigenvalue weighted by Gasteiger charge is 2.31. The number of anilines is 1. The molecule has 0 unspecified atom stereocenters. The second-order valence-corrected chi connectivity index (χ2v) is 7.92. The lowest BCUT2D eigenvalue weighted by molar-refractivity contribution is -0.892. The molecular formula is C18H25FN3O3S+. The van der Waals surface area contributed by atoms with E-state index in [0.717, 1.165) is 37.6 Å². The molecule has 6 nitrogen and oxygen atoms in total. The summed E-state index contributed by atoms with van der Waals surface area (Å²) in [7, 11) is 1.38. The third kappa shape index (κ3) is 4.67. The molecule has 2 aliphatic heterocycles. The lowest BCUT2D eigenvalue weighted by Crippen LogP contribution is -3.16. The Kier molecular flexibility index (Phi) is 6.37. The molecule has 3 rings (SSSR count). The minimum Gasteiger partial charge on any atom is -0.468 e. The Morgan fingerprint density at radius 3 is 2.58 bits per heavy atom. The molecule has 0 aromatic heterocycles. The number of carbonyl (C=O) groups excluding carboxylic acids is 2. The van der Waals surface area contributed by atoms with Crippen molar-refractivity contribution in [2.45, 2.75) is 5.25 Å². The van der Waals surface area contributed by atoms with E-state index >= 15 is 0 Å². The molecule has 0 saturated carbocycles. The van der Waals surface area contributed by atoms with Crippen molar-refractivity contribution in [3.05, 3.63) is 30.1 Å². The van der Waals surface area contributed by atoms with Crippen LogP contribution in [0.5, 0.6) is 0 Å². The van der Waals surface area contributed by atoms with E-state index in [1.807, 2.05) is 0 Å². The van der Waals surface area contributed by atoms with Crippen molar-refractivity contribution < 1.29 is 23.6 Å². The van der Waals surface area contributed by atoms with Crippen LogP contribution in [-0.2, 0) is 14.3 Å². The number of rotatable bonds is 4. The van der Waals surface area contributed by atoms with Crippen LogP contribution in [0.4, 0.5) is 10.1 Å². The molecule has 2 fully saturated rings. The lowest BCUT2D eigenvalue weighted by Gasteiger charge is -2.35. The number of esters is 1. The molecule has 2 saturated heterocycles. The van der Waals surface area contributed by atoms with Gasteiger partial charge in [-0.3, -0.25) is 9.59 Å². The molecule has 2 heterocycles. The standard InChI is InChI=1S/C18H24FN3O3S/c1-25-18(24)16-12-22(10-11-26-16)17(23)13-20-6-8-21(9-7-20)15-4-2-14(19)3-5-15/h2-5,16H,6-13H2,1H3/p+1/t16-/m0/s1. The number of ether oxygens (including phenoxy) is 1. The number of halogens is 1. The molecule has 0 radical (unpaired) electrons. The third-order valence-electron chi connectivity index (χ3n) is 4.95. The minimum absolute atomic E-state index is 0.101. The molecule has 26 heavy (non-hydrogen) atoms. The van der Waals surface area contributed by atoms with Crippen molar-refractivity contribution in [1.29, 1.82) is 0 Å². The monoisotopic (exact) mass is 382 g/mol. The number of thioether (sulfide) groups is 1. The van der Waals surface area contributed by atoms with E-state index in [1.54, 1.807) is 28.8 Å². The number of carbonyl (C=O) groups is 2. The van der Waals surface area contributed by atoms with Crippen LogP contribution in [0.15, 0.2) is 24.3 Å². The number of nitrogens with zero attached hydrogens (tertiary/aromatic N) is 2. The second-order valence-electron chi connectivity index (χ2n) is 6.61. The predicted molar refractivity (Wildman–Crippen MR) is 99.0 cm³/mol. The van der Waals surface area contributed by atoms with Gasteiger partial charge in [0, 0.05) is 24.5 Å². The number of piperazine rings is 1. The fourth-order valence-electron chi connectivity index (χ4n) is 3.39. The van der Waals surface area contributed by atoms with Gasteiger partial charge in [0.1, 0.15) is 11.1 Å². The first-order valence-corrected chi connectivity index (χ1v) is 9.93. The van der Waals surface area contributed by atoms with E-state index < -0.39 is 0 Å². The maximum Gasteiger partial charge on any atom is 0.320 e. The number of nitrogens with one attached hydrogen (secondary N) is 1. The highest BCUT2D eigenvalue weighted by atomic mass is 32.2. The summed E-state index contributed by atoms with van der Waals surface area (Å²) >= 11 is 1.55. The first kappa shape index (κ1) is 19.0. The fraction of sp³-hybridized carbons (Fsp3) is 0.556. The molecule has 1 atom stereocenters. The summed E-state index contributed by atoms with van der Waals surface area (Å²) in [6.07, 6.45) is 0. The first-order valence-electron chi connectivity index (χ1n) is 8.88. The SMILES string of the molecule is COC(=O)[C@@H]1CN(C(=O)C[NH+]2CCN(c3ccc(F)cc3)CC2)CCS1. The first-order chi connectivity index (χ1) is 12.6. The van der Waals surface area contributed by atoms with Crippen LogP contribution < -0.4 is 9.80 Å². The zero-order valence-corrected chi connectivity index (χ0v) is 15.8. The quantitative estimate of drug-likeness (QED) is 0.722. The molecular weight excluding hydrogens is 357 g/mol. The number of amides is 1. The molecule has 0 spiro atoms. The molecule has 0 bridgehead atoms. The van der Waals surface area contributed by atoms with Crippen molar-refractivity contribution in [3.8, 4) is 0 Å². The molecule has 1 aromatic rings. The van der Waals surface area contributed by atoms with E-state index in [4.69, 9.17) is 4.74 Å². The zero-order chi connectivity index (χ0) is 18.5. The topological polar surface area (TPSA) is 54.3 Å². The number of hydrogen-bond acceptors (Lipinski definition) is 5. The molecule has 2 aliphatic rings. The average Bonchev–Trinajstić information content (AvgIpc) is 2.68. The fourth-order valence-corrected chi connectivity index (χ4v) is 4.51.